The maximum Gasteiger partial charge on any atom is 0.476 e. The lowest BCUT2D eigenvalue weighted by molar-refractivity contribution is -0.469. The second kappa shape index (κ2) is 14.5. The van der Waals surface area contributed by atoms with Gasteiger partial charge in [-0.05, 0) is 37.6 Å². The molecule has 51 heavy (non-hydrogen) atoms. The maximum absolute atomic E-state index is 14.6. The van der Waals surface area contributed by atoms with Gasteiger partial charge in [-0.2, -0.15) is 83.4 Å². The Morgan fingerprint density at radius 1 is 0.608 bits per heavy atom. The van der Waals surface area contributed by atoms with E-state index < -0.39 is 120 Å². The van der Waals surface area contributed by atoms with Gasteiger partial charge in [0.1, 0.15) is 22.6 Å². The van der Waals surface area contributed by atoms with Crippen molar-refractivity contribution >= 4 is 23.5 Å². The number of benzene rings is 1. The van der Waals surface area contributed by atoms with Gasteiger partial charge in [0.15, 0.2) is 0 Å². The predicted octanol–water partition coefficient (Wildman–Crippen LogP) is 8.75. The lowest BCUT2D eigenvalue weighted by Gasteiger charge is -2.34. The number of hydrogen-bond acceptors (Lipinski definition) is 8. The third kappa shape index (κ3) is 9.52. The van der Waals surface area contributed by atoms with Gasteiger partial charge < -0.3 is 18.9 Å². The van der Waals surface area contributed by atoms with Crippen molar-refractivity contribution in [2.45, 2.75) is 74.2 Å². The fourth-order valence-corrected chi connectivity index (χ4v) is 2.88. The van der Waals surface area contributed by atoms with Crippen molar-refractivity contribution in [2.24, 2.45) is 0 Å². The van der Waals surface area contributed by atoms with E-state index in [2.05, 4.69) is 40.0 Å². The molecule has 2 unspecified atom stereocenters. The molecule has 0 amide bonds. The molecule has 0 N–H and O–H groups in total. The SMILES string of the molecule is CCOC(=O)c1cc(OC(F)(F)C(F)(Cl)OC(F)(F)C(F)(F)C(F)(F)F)c(C(=O)OCC)cc1OC(F)(F)C(F)OC(F)(F)C(F)(F)C(F)(F)F. The number of alkyl halides is 21. The van der Waals surface area contributed by atoms with Crippen LogP contribution in [0.5, 0.6) is 11.5 Å². The number of ether oxygens (including phenoxy) is 6. The highest BCUT2D eigenvalue weighted by atomic mass is 35.5. The summed E-state index contributed by atoms with van der Waals surface area (Å²) >= 11 is 4.31. The number of halogens is 21. The molecule has 1 rings (SSSR count). The van der Waals surface area contributed by atoms with Gasteiger partial charge in [0, 0.05) is 0 Å². The van der Waals surface area contributed by atoms with E-state index in [1.165, 1.54) is 0 Å². The van der Waals surface area contributed by atoms with Gasteiger partial charge in [-0.1, -0.05) is 0 Å². The van der Waals surface area contributed by atoms with Crippen molar-refractivity contribution in [1.29, 1.82) is 0 Å². The van der Waals surface area contributed by atoms with Crippen LogP contribution < -0.4 is 9.47 Å². The van der Waals surface area contributed by atoms with Crippen molar-refractivity contribution in [1.82, 2.24) is 0 Å². The van der Waals surface area contributed by atoms with Crippen molar-refractivity contribution < 1.29 is 126 Å². The maximum atomic E-state index is 14.6. The average molecular weight is 821 g/mol. The molecule has 0 aliphatic heterocycles. The van der Waals surface area contributed by atoms with Gasteiger partial charge in [0.05, 0.1) is 13.2 Å². The molecule has 29 heteroatoms. The Morgan fingerprint density at radius 2 is 0.961 bits per heavy atom. The van der Waals surface area contributed by atoms with Crippen molar-refractivity contribution in [3.05, 3.63) is 23.3 Å². The molecular formula is C22H13ClF20O8. The Balaban J connectivity index is 3.85. The largest absolute Gasteiger partial charge is 0.476 e. The standard InChI is InChI=1S/C22H13ClF20O8/c1-3-46-11(44)7-6-10(49-22(42,43)17(23,31)51-21(40,41)16(29,30)19(35,36)37)8(12(45)47-4-2)5-9(7)48-14(25,26)13(24)50-20(38,39)15(27,28)18(32,33)34/h5-6,13H,3-4H2,1-2H3. The molecule has 1 aromatic rings. The molecule has 296 valence electrons. The highest BCUT2D eigenvalue weighted by Gasteiger charge is 2.79. The summed E-state index contributed by atoms with van der Waals surface area (Å²) < 4.78 is 286. The molecule has 0 saturated heterocycles. The van der Waals surface area contributed by atoms with Gasteiger partial charge in [-0.3, -0.25) is 9.47 Å². The summed E-state index contributed by atoms with van der Waals surface area (Å²) in [7, 11) is 0. The smallest absolute Gasteiger partial charge is 0.462 e. The number of esters is 2. The molecule has 1 aromatic carbocycles. The molecule has 0 spiro atoms. The third-order valence-electron chi connectivity index (χ3n) is 5.11. The van der Waals surface area contributed by atoms with E-state index in [0.717, 1.165) is 13.8 Å². The van der Waals surface area contributed by atoms with Crippen LogP contribution in [0.15, 0.2) is 12.1 Å². The van der Waals surface area contributed by atoms with E-state index >= 15 is 0 Å². The molecule has 0 aliphatic rings. The minimum absolute atomic E-state index is 0.555. The van der Waals surface area contributed by atoms with Crippen molar-refractivity contribution in [3.63, 3.8) is 0 Å². The van der Waals surface area contributed by atoms with Crippen LogP contribution in [0.4, 0.5) is 87.8 Å². The van der Waals surface area contributed by atoms with Crippen molar-refractivity contribution in [2.75, 3.05) is 13.2 Å². The zero-order valence-electron chi connectivity index (χ0n) is 23.8. The summed E-state index contributed by atoms with van der Waals surface area (Å²) in [6.07, 6.45) is -47.2. The summed E-state index contributed by atoms with van der Waals surface area (Å²) in [5.74, 6) is -23.7. The number of carbonyl (C=O) groups is 2. The lowest BCUT2D eigenvalue weighted by atomic mass is 10.1. The van der Waals surface area contributed by atoms with Crippen molar-refractivity contribution in [3.8, 4) is 11.5 Å². The van der Waals surface area contributed by atoms with Gasteiger partial charge in [-0.25, -0.2) is 14.0 Å². The first-order valence-corrected chi connectivity index (χ1v) is 12.5. The summed E-state index contributed by atoms with van der Waals surface area (Å²) in [5, 5.41) is -6.34. The lowest BCUT2D eigenvalue weighted by Crippen LogP contribution is -2.59. The summed E-state index contributed by atoms with van der Waals surface area (Å²) in [6, 6.07) is -1.13. The molecule has 0 aliphatic carbocycles. The molecule has 0 aromatic heterocycles. The highest BCUT2D eigenvalue weighted by Crippen LogP contribution is 2.53. The Labute approximate surface area is 272 Å². The van der Waals surface area contributed by atoms with Crippen LogP contribution in [0, 0.1) is 0 Å². The van der Waals surface area contributed by atoms with Gasteiger partial charge in [0.2, 0.25) is 0 Å². The first-order valence-electron chi connectivity index (χ1n) is 12.2. The Bertz CT molecular complexity index is 1410. The molecule has 0 radical (unpaired) electrons. The number of hydrogen-bond donors (Lipinski definition) is 0. The van der Waals surface area contributed by atoms with E-state index in [1.54, 1.807) is 0 Å². The summed E-state index contributed by atoms with van der Waals surface area (Å²) in [6.45, 7) is 0.0164. The van der Waals surface area contributed by atoms with Crippen LogP contribution in [0.1, 0.15) is 34.6 Å². The molecular weight excluding hydrogens is 808 g/mol. The third-order valence-corrected chi connectivity index (χ3v) is 5.41. The van der Waals surface area contributed by atoms with E-state index in [1.807, 2.05) is 0 Å². The van der Waals surface area contributed by atoms with Gasteiger partial charge >= 0.3 is 72.2 Å². The molecule has 0 saturated carbocycles. The number of rotatable bonds is 16. The Kier molecular flexibility index (Phi) is 13.0. The van der Waals surface area contributed by atoms with Crippen LogP contribution in [0.3, 0.4) is 0 Å². The van der Waals surface area contributed by atoms with Crippen LogP contribution >= 0.6 is 11.6 Å². The molecule has 0 bridgehead atoms. The monoisotopic (exact) mass is 820 g/mol. The predicted molar refractivity (Wildman–Crippen MR) is 118 cm³/mol. The second-order valence-corrected chi connectivity index (χ2v) is 9.28. The number of carbonyl (C=O) groups excluding carboxylic acids is 2. The topological polar surface area (TPSA) is 89.5 Å². The summed E-state index contributed by atoms with van der Waals surface area (Å²) in [5.41, 5.74) is -3.93. The molecule has 2 atom stereocenters. The molecule has 0 fully saturated rings. The van der Waals surface area contributed by atoms with E-state index in [4.69, 9.17) is 0 Å². The van der Waals surface area contributed by atoms with Crippen LogP contribution in [-0.4, -0.2) is 85.5 Å². The van der Waals surface area contributed by atoms with Gasteiger partial charge in [-0.15, -0.1) is 0 Å². The normalized spacial score (nSPS) is 15.9. The van der Waals surface area contributed by atoms with Gasteiger partial charge in [0.25, 0.3) is 0 Å². The Morgan fingerprint density at radius 3 is 1.31 bits per heavy atom. The van der Waals surface area contributed by atoms with E-state index in [-0.39, 0.29) is 0 Å². The summed E-state index contributed by atoms with van der Waals surface area (Å²) in [4.78, 5) is 24.6. The quantitative estimate of drug-likeness (QED) is 0.0930. The molecule has 8 nitrogen and oxygen atoms in total. The molecule has 0 heterocycles. The fourth-order valence-electron chi connectivity index (χ4n) is 2.74. The second-order valence-electron chi connectivity index (χ2n) is 8.80. The average Bonchev–Trinajstić information content (AvgIpc) is 2.91. The van der Waals surface area contributed by atoms with E-state index in [0.29, 0.717) is 0 Å². The van der Waals surface area contributed by atoms with E-state index in [9.17, 15) is 97.4 Å². The van der Waals surface area contributed by atoms with Crippen LogP contribution in [0.2, 0.25) is 0 Å². The fraction of sp³-hybridized carbons (Fsp3) is 0.636. The van der Waals surface area contributed by atoms with Crippen LogP contribution in [0.25, 0.3) is 0 Å². The zero-order valence-corrected chi connectivity index (χ0v) is 24.6. The first kappa shape index (κ1) is 45.6. The van der Waals surface area contributed by atoms with Crippen LogP contribution in [-0.2, 0) is 18.9 Å². The zero-order chi connectivity index (χ0) is 40.6. The minimum Gasteiger partial charge on any atom is -0.462 e. The minimum atomic E-state index is -7.47. The highest BCUT2D eigenvalue weighted by molar-refractivity contribution is 6.22. The first-order chi connectivity index (χ1) is 22.5. The Hall–Kier alpha value is -3.43.